The molecular formula is C14H18N2O. The molecule has 1 heterocycles. The summed E-state index contributed by atoms with van der Waals surface area (Å²) in [5, 5.41) is 0. The van der Waals surface area contributed by atoms with Gasteiger partial charge in [0.15, 0.2) is 0 Å². The highest BCUT2D eigenvalue weighted by Gasteiger charge is 2.03. The summed E-state index contributed by atoms with van der Waals surface area (Å²) in [5.74, 6) is 0.863. The molecule has 2 N–H and O–H groups in total. The normalized spacial score (nSPS) is 10.5. The third kappa shape index (κ3) is 2.50. The largest absolute Gasteiger partial charge is 0.492 e. The predicted molar refractivity (Wildman–Crippen MR) is 69.8 cm³/mol. The van der Waals surface area contributed by atoms with Crippen LogP contribution in [0.4, 0.5) is 0 Å². The Labute approximate surface area is 102 Å². The average molecular weight is 230 g/mol. The summed E-state index contributed by atoms with van der Waals surface area (Å²) in [6.45, 7) is 5.30. The van der Waals surface area contributed by atoms with Crippen LogP contribution in [0.5, 0.6) is 5.75 Å². The van der Waals surface area contributed by atoms with Crippen LogP contribution < -0.4 is 10.5 Å². The van der Waals surface area contributed by atoms with E-state index in [4.69, 9.17) is 10.5 Å². The highest BCUT2D eigenvalue weighted by atomic mass is 16.5. The average Bonchev–Trinajstić information content (AvgIpc) is 2.67. The third-order valence-corrected chi connectivity index (χ3v) is 2.75. The number of ether oxygens (including phenoxy) is 1. The summed E-state index contributed by atoms with van der Waals surface area (Å²) in [5.41, 5.74) is 9.02. The Bertz CT molecular complexity index is 466. The molecule has 0 fully saturated rings. The minimum Gasteiger partial charge on any atom is -0.492 e. The van der Waals surface area contributed by atoms with Gasteiger partial charge in [0.2, 0.25) is 0 Å². The Kier molecular flexibility index (Phi) is 3.49. The number of benzene rings is 1. The van der Waals surface area contributed by atoms with Crippen molar-refractivity contribution in [3.8, 4) is 11.4 Å². The van der Waals surface area contributed by atoms with Crippen molar-refractivity contribution in [2.75, 3.05) is 13.2 Å². The van der Waals surface area contributed by atoms with Crippen molar-refractivity contribution < 1.29 is 4.74 Å². The molecular weight excluding hydrogens is 212 g/mol. The zero-order valence-electron chi connectivity index (χ0n) is 10.3. The summed E-state index contributed by atoms with van der Waals surface area (Å²) < 4.78 is 7.67. The molecule has 0 aliphatic rings. The van der Waals surface area contributed by atoms with Crippen molar-refractivity contribution in [1.29, 1.82) is 0 Å². The van der Waals surface area contributed by atoms with Gasteiger partial charge in [-0.3, -0.25) is 0 Å². The number of nitrogens with two attached hydrogens (primary N) is 1. The molecule has 0 saturated carbocycles. The van der Waals surface area contributed by atoms with Crippen molar-refractivity contribution in [1.82, 2.24) is 4.57 Å². The Morgan fingerprint density at radius 3 is 2.12 bits per heavy atom. The first-order chi connectivity index (χ1) is 8.22. The summed E-state index contributed by atoms with van der Waals surface area (Å²) in [7, 11) is 0. The Balaban J connectivity index is 2.23. The minimum atomic E-state index is 0.539. The summed E-state index contributed by atoms with van der Waals surface area (Å²) in [4.78, 5) is 0. The maximum Gasteiger partial charge on any atom is 0.119 e. The smallest absolute Gasteiger partial charge is 0.119 e. The second-order valence-electron chi connectivity index (χ2n) is 4.08. The number of hydrogen-bond acceptors (Lipinski definition) is 2. The molecule has 0 bridgehead atoms. The van der Waals surface area contributed by atoms with Gasteiger partial charge in [0.1, 0.15) is 12.4 Å². The van der Waals surface area contributed by atoms with E-state index in [-0.39, 0.29) is 0 Å². The number of aryl methyl sites for hydroxylation is 2. The highest BCUT2D eigenvalue weighted by Crippen LogP contribution is 2.19. The van der Waals surface area contributed by atoms with Gasteiger partial charge >= 0.3 is 0 Å². The van der Waals surface area contributed by atoms with Gasteiger partial charge in [-0.25, -0.2) is 0 Å². The lowest BCUT2D eigenvalue weighted by molar-refractivity contribution is 0.328. The van der Waals surface area contributed by atoms with Crippen molar-refractivity contribution in [2.45, 2.75) is 13.8 Å². The molecule has 0 aliphatic heterocycles. The van der Waals surface area contributed by atoms with Crippen molar-refractivity contribution >= 4 is 0 Å². The Morgan fingerprint density at radius 2 is 1.59 bits per heavy atom. The van der Waals surface area contributed by atoms with Gasteiger partial charge in [-0.2, -0.15) is 0 Å². The first-order valence-electron chi connectivity index (χ1n) is 5.80. The molecule has 0 aliphatic carbocycles. The quantitative estimate of drug-likeness (QED) is 0.876. The van der Waals surface area contributed by atoms with E-state index >= 15 is 0 Å². The number of rotatable bonds is 4. The van der Waals surface area contributed by atoms with Crippen molar-refractivity contribution in [3.05, 3.63) is 47.8 Å². The molecule has 0 spiro atoms. The first-order valence-corrected chi connectivity index (χ1v) is 5.80. The lowest BCUT2D eigenvalue weighted by Crippen LogP contribution is -2.10. The van der Waals surface area contributed by atoms with Crippen molar-refractivity contribution in [3.63, 3.8) is 0 Å². The van der Waals surface area contributed by atoms with Crippen LogP contribution in [0, 0.1) is 13.8 Å². The molecule has 90 valence electrons. The fourth-order valence-corrected chi connectivity index (χ4v) is 1.94. The van der Waals surface area contributed by atoms with Gasteiger partial charge in [0, 0.05) is 23.6 Å². The summed E-state index contributed by atoms with van der Waals surface area (Å²) in [6, 6.07) is 12.3. The van der Waals surface area contributed by atoms with Crippen LogP contribution >= 0.6 is 0 Å². The summed E-state index contributed by atoms with van der Waals surface area (Å²) >= 11 is 0. The van der Waals surface area contributed by atoms with Crippen LogP contribution in [-0.4, -0.2) is 17.7 Å². The SMILES string of the molecule is Cc1ccc(C)n1-c1ccc(OCCN)cc1. The molecule has 17 heavy (non-hydrogen) atoms. The van der Waals surface area contributed by atoms with Crippen LogP contribution in [-0.2, 0) is 0 Å². The van der Waals surface area contributed by atoms with E-state index < -0.39 is 0 Å². The molecule has 0 amide bonds. The van der Waals surface area contributed by atoms with E-state index in [0.717, 1.165) is 11.4 Å². The standard InChI is InChI=1S/C14H18N2O/c1-11-3-4-12(2)16(11)13-5-7-14(8-6-13)17-10-9-15/h3-8H,9-10,15H2,1-2H3. The summed E-state index contributed by atoms with van der Waals surface area (Å²) in [6.07, 6.45) is 0. The number of aromatic nitrogens is 1. The third-order valence-electron chi connectivity index (χ3n) is 2.75. The fraction of sp³-hybridized carbons (Fsp3) is 0.286. The van der Waals surface area contributed by atoms with E-state index in [0.29, 0.717) is 13.2 Å². The highest BCUT2D eigenvalue weighted by molar-refractivity contribution is 5.41. The van der Waals surface area contributed by atoms with Crippen LogP contribution in [0.1, 0.15) is 11.4 Å². The molecule has 2 rings (SSSR count). The number of nitrogens with zero attached hydrogens (tertiary/aromatic N) is 1. The monoisotopic (exact) mass is 230 g/mol. The second kappa shape index (κ2) is 5.06. The molecule has 1 aromatic heterocycles. The van der Waals surface area contributed by atoms with Crippen LogP contribution in [0.15, 0.2) is 36.4 Å². The van der Waals surface area contributed by atoms with Gasteiger partial charge in [0.05, 0.1) is 0 Å². The fourth-order valence-electron chi connectivity index (χ4n) is 1.94. The van der Waals surface area contributed by atoms with E-state index in [1.165, 1.54) is 11.4 Å². The predicted octanol–water partition coefficient (Wildman–Crippen LogP) is 2.43. The molecule has 0 unspecified atom stereocenters. The van der Waals surface area contributed by atoms with Crippen LogP contribution in [0.25, 0.3) is 5.69 Å². The second-order valence-corrected chi connectivity index (χ2v) is 4.08. The van der Waals surface area contributed by atoms with E-state index in [2.05, 4.69) is 42.7 Å². The van der Waals surface area contributed by atoms with Crippen LogP contribution in [0.3, 0.4) is 0 Å². The number of hydrogen-bond donors (Lipinski definition) is 1. The first kappa shape index (κ1) is 11.7. The lowest BCUT2D eigenvalue weighted by atomic mass is 10.3. The van der Waals surface area contributed by atoms with E-state index in [1.807, 2.05) is 12.1 Å². The molecule has 0 radical (unpaired) electrons. The zero-order valence-corrected chi connectivity index (χ0v) is 10.3. The molecule has 0 saturated heterocycles. The lowest BCUT2D eigenvalue weighted by Gasteiger charge is -2.10. The van der Waals surface area contributed by atoms with Crippen molar-refractivity contribution in [2.24, 2.45) is 5.73 Å². The van der Waals surface area contributed by atoms with Gasteiger partial charge in [-0.15, -0.1) is 0 Å². The van der Waals surface area contributed by atoms with Gasteiger partial charge in [-0.05, 0) is 50.2 Å². The van der Waals surface area contributed by atoms with Crippen LogP contribution in [0.2, 0.25) is 0 Å². The zero-order chi connectivity index (χ0) is 12.3. The van der Waals surface area contributed by atoms with Gasteiger partial charge in [-0.1, -0.05) is 0 Å². The molecule has 3 heteroatoms. The van der Waals surface area contributed by atoms with E-state index in [1.54, 1.807) is 0 Å². The maximum atomic E-state index is 5.45. The maximum absolute atomic E-state index is 5.45. The molecule has 2 aromatic rings. The van der Waals surface area contributed by atoms with Gasteiger partial charge < -0.3 is 15.0 Å². The Hall–Kier alpha value is -1.74. The Morgan fingerprint density at radius 1 is 1.00 bits per heavy atom. The molecule has 1 aromatic carbocycles. The van der Waals surface area contributed by atoms with E-state index in [9.17, 15) is 0 Å². The minimum absolute atomic E-state index is 0.539. The molecule has 0 atom stereocenters. The molecule has 3 nitrogen and oxygen atoms in total. The topological polar surface area (TPSA) is 40.2 Å². The van der Waals surface area contributed by atoms with Gasteiger partial charge in [0.25, 0.3) is 0 Å².